The van der Waals surface area contributed by atoms with Gasteiger partial charge in [-0.05, 0) is 0 Å². The van der Waals surface area contributed by atoms with Crippen LogP contribution in [0.25, 0.3) is 0 Å². The van der Waals surface area contributed by atoms with Crippen molar-refractivity contribution in [1.82, 2.24) is 0 Å². The van der Waals surface area contributed by atoms with Crippen molar-refractivity contribution in [2.45, 2.75) is 0 Å². The van der Waals surface area contributed by atoms with Gasteiger partial charge in [0, 0.05) is 0 Å². The van der Waals surface area contributed by atoms with Gasteiger partial charge in [0.05, 0.1) is 0 Å². The molecule has 0 bridgehead atoms. The van der Waals surface area contributed by atoms with Crippen LogP contribution < -0.4 is 0 Å². The summed E-state index contributed by atoms with van der Waals surface area (Å²) in [6.45, 7) is 6.10. The van der Waals surface area contributed by atoms with Gasteiger partial charge >= 0.3 is 89.3 Å². The molecule has 0 saturated carbocycles. The summed E-state index contributed by atoms with van der Waals surface area (Å²) in [5.74, 6) is 0. The van der Waals surface area contributed by atoms with E-state index in [-0.39, 0.29) is 0 Å². The number of ether oxygens (including phenoxy) is 2. The summed E-state index contributed by atoms with van der Waals surface area (Å²) in [6, 6.07) is 0. The molecule has 0 saturated heterocycles. The molecule has 0 aliphatic carbocycles. The standard InChI is InChI=1S/2C3H7O2.C2H3.Tl/c2*1-5-3-2-4;1-2;/h2*2-3H2,1H3;1H,2H2;/q2*-1;;+2. The molecule has 0 heterocycles. The zero-order valence-electron chi connectivity index (χ0n) is 8.32. The van der Waals surface area contributed by atoms with E-state index in [1.807, 2.05) is 3.64 Å². The second kappa shape index (κ2) is 10.6. The normalized spacial score (nSPS) is 10.0. The maximum absolute atomic E-state index is 5.48. The molecule has 0 rings (SSSR count). The van der Waals surface area contributed by atoms with Crippen LogP contribution >= 0.6 is 0 Å². The van der Waals surface area contributed by atoms with Gasteiger partial charge in [-0.2, -0.15) is 0 Å². The van der Waals surface area contributed by atoms with Crippen LogP contribution in [-0.4, -0.2) is 64.3 Å². The molecule has 5 heteroatoms. The first-order valence-corrected chi connectivity index (χ1v) is 10.4. The molecule has 0 fully saturated rings. The first-order chi connectivity index (χ1) is 6.35. The van der Waals surface area contributed by atoms with Crippen molar-refractivity contribution in [2.24, 2.45) is 0 Å². The first-order valence-electron chi connectivity index (χ1n) is 4.18. The molecule has 76 valence electrons. The van der Waals surface area contributed by atoms with Gasteiger partial charge in [-0.25, -0.2) is 0 Å². The molecule has 0 aromatic carbocycles. The van der Waals surface area contributed by atoms with Gasteiger partial charge in [0.15, 0.2) is 0 Å². The summed E-state index contributed by atoms with van der Waals surface area (Å²) >= 11 is -2.45. The molecule has 0 N–H and O–H groups in total. The average molecular weight is 382 g/mol. The van der Waals surface area contributed by atoms with Crippen molar-refractivity contribution in [2.75, 3.05) is 40.6 Å². The number of hydrogen-bond donors (Lipinski definition) is 0. The van der Waals surface area contributed by atoms with Crippen molar-refractivity contribution >= 4 is 23.6 Å². The molecular weight excluding hydrogens is 364 g/mol. The number of hydrogen-bond acceptors (Lipinski definition) is 4. The monoisotopic (exact) mass is 382 g/mol. The average Bonchev–Trinajstić information content (AvgIpc) is 2.16. The predicted octanol–water partition coefficient (Wildman–Crippen LogP) is 0.526. The van der Waals surface area contributed by atoms with Gasteiger partial charge < -0.3 is 0 Å². The molecule has 0 aliphatic rings. The minimum absolute atomic E-state index is 0.599. The van der Waals surface area contributed by atoms with E-state index in [0.29, 0.717) is 26.4 Å². The summed E-state index contributed by atoms with van der Waals surface area (Å²) in [5.41, 5.74) is 0. The summed E-state index contributed by atoms with van der Waals surface area (Å²) in [7, 11) is 3.30. The fourth-order valence-electron chi connectivity index (χ4n) is 0.679. The van der Waals surface area contributed by atoms with Gasteiger partial charge in [0.25, 0.3) is 0 Å². The van der Waals surface area contributed by atoms with Crippen LogP contribution in [0, 0.1) is 0 Å². The van der Waals surface area contributed by atoms with Crippen molar-refractivity contribution in [1.29, 1.82) is 0 Å². The SMILES string of the molecule is C=[CH][Tl]([O]CCOC)[O]CCOC. The molecule has 0 unspecified atom stereocenters. The second-order valence-corrected chi connectivity index (χ2v) is 9.62. The Morgan fingerprint density at radius 3 is 1.77 bits per heavy atom. The van der Waals surface area contributed by atoms with Gasteiger partial charge in [-0.3, -0.25) is 0 Å². The topological polar surface area (TPSA) is 36.9 Å². The molecule has 0 atom stereocenters. The predicted molar refractivity (Wildman–Crippen MR) is 51.6 cm³/mol. The molecule has 0 radical (unpaired) electrons. The van der Waals surface area contributed by atoms with Gasteiger partial charge in [0.2, 0.25) is 0 Å². The fourth-order valence-corrected chi connectivity index (χ4v) is 4.67. The van der Waals surface area contributed by atoms with Gasteiger partial charge in [-0.15, -0.1) is 0 Å². The van der Waals surface area contributed by atoms with E-state index in [1.54, 1.807) is 14.2 Å². The molecule has 0 aromatic heterocycles. The zero-order chi connectivity index (χ0) is 9.94. The molecule has 0 aliphatic heterocycles. The first kappa shape index (κ1) is 13.5. The van der Waals surface area contributed by atoms with Crippen molar-refractivity contribution in [3.63, 3.8) is 0 Å². The van der Waals surface area contributed by atoms with Crippen molar-refractivity contribution < 1.29 is 14.8 Å². The third-order valence-electron chi connectivity index (χ3n) is 1.33. The van der Waals surface area contributed by atoms with Crippen LogP contribution in [0.2, 0.25) is 0 Å². The summed E-state index contributed by atoms with van der Waals surface area (Å²) in [6.07, 6.45) is 0. The Hall–Kier alpha value is 0.502. The summed E-state index contributed by atoms with van der Waals surface area (Å²) in [4.78, 5) is 0. The van der Waals surface area contributed by atoms with Gasteiger partial charge in [0.1, 0.15) is 0 Å². The Balaban J connectivity index is 3.34. The van der Waals surface area contributed by atoms with E-state index >= 15 is 0 Å². The van der Waals surface area contributed by atoms with Crippen LogP contribution in [0.1, 0.15) is 0 Å². The molecule has 13 heavy (non-hydrogen) atoms. The van der Waals surface area contributed by atoms with E-state index in [0.717, 1.165) is 0 Å². The quantitative estimate of drug-likeness (QED) is 0.431. The van der Waals surface area contributed by atoms with Crippen molar-refractivity contribution in [3.05, 3.63) is 10.2 Å². The molecule has 0 aromatic rings. The van der Waals surface area contributed by atoms with Crippen LogP contribution in [0.3, 0.4) is 0 Å². The minimum atomic E-state index is -2.45. The van der Waals surface area contributed by atoms with Crippen LogP contribution in [0.15, 0.2) is 10.2 Å². The molecule has 4 nitrogen and oxygen atoms in total. The van der Waals surface area contributed by atoms with Crippen molar-refractivity contribution in [3.8, 4) is 0 Å². The third-order valence-corrected chi connectivity index (χ3v) is 7.21. The maximum atomic E-state index is 5.48. The Morgan fingerprint density at radius 1 is 1.00 bits per heavy atom. The zero-order valence-corrected chi connectivity index (χ0v) is 12.8. The number of rotatable bonds is 9. The molecule has 0 amide bonds. The van der Waals surface area contributed by atoms with Crippen LogP contribution in [-0.2, 0) is 14.8 Å². The summed E-state index contributed by atoms with van der Waals surface area (Å²) < 4.78 is 22.5. The van der Waals surface area contributed by atoms with Crippen LogP contribution in [0.5, 0.6) is 0 Å². The van der Waals surface area contributed by atoms with E-state index < -0.39 is 23.6 Å². The second-order valence-electron chi connectivity index (χ2n) is 2.33. The van der Waals surface area contributed by atoms with E-state index in [9.17, 15) is 0 Å². The van der Waals surface area contributed by atoms with E-state index in [4.69, 9.17) is 14.8 Å². The fraction of sp³-hybridized carbons (Fsp3) is 0.750. The Kier molecular flexibility index (Phi) is 11.0. The van der Waals surface area contributed by atoms with Gasteiger partial charge in [-0.1, -0.05) is 0 Å². The van der Waals surface area contributed by atoms with Crippen LogP contribution in [0.4, 0.5) is 0 Å². The van der Waals surface area contributed by atoms with E-state index in [2.05, 4.69) is 6.58 Å². The third kappa shape index (κ3) is 8.82. The Bertz CT molecular complexity index is 111. The summed E-state index contributed by atoms with van der Waals surface area (Å²) in [5, 5.41) is 0. The Labute approximate surface area is 89.2 Å². The molecule has 0 spiro atoms. The van der Waals surface area contributed by atoms with E-state index in [1.165, 1.54) is 0 Å². The number of methoxy groups -OCH3 is 2. The molecular formula is C8H17O4Tl. The Morgan fingerprint density at radius 2 is 1.46 bits per heavy atom.